The SMILES string of the molecule is NC1=NC(=O)CC(O)(C(F)(F)F)C1=C(N)C1CCN(c2cccnc2)CC1. The zero-order valence-electron chi connectivity index (χ0n) is 14.4. The number of aliphatic imine (C=N–C) groups is 1. The molecular formula is C17H20F3N5O2. The van der Waals surface area contributed by atoms with Crippen LogP contribution in [0.2, 0.25) is 0 Å². The summed E-state index contributed by atoms with van der Waals surface area (Å²) >= 11 is 0. The Morgan fingerprint density at radius 3 is 2.56 bits per heavy atom. The smallest absolute Gasteiger partial charge is 0.401 e. The first kappa shape index (κ1) is 19.2. The Labute approximate surface area is 153 Å². The molecule has 10 heteroatoms. The van der Waals surface area contributed by atoms with Crippen LogP contribution in [0.15, 0.2) is 40.8 Å². The van der Waals surface area contributed by atoms with Crippen molar-refractivity contribution in [2.75, 3.05) is 18.0 Å². The van der Waals surface area contributed by atoms with Crippen LogP contribution >= 0.6 is 0 Å². The quantitative estimate of drug-likeness (QED) is 0.704. The predicted molar refractivity (Wildman–Crippen MR) is 92.6 cm³/mol. The number of pyridine rings is 1. The van der Waals surface area contributed by atoms with Crippen LogP contribution in [-0.4, -0.2) is 46.7 Å². The van der Waals surface area contributed by atoms with Crippen molar-refractivity contribution in [2.45, 2.75) is 31.0 Å². The minimum Gasteiger partial charge on any atom is -0.401 e. The zero-order valence-corrected chi connectivity index (χ0v) is 14.4. The van der Waals surface area contributed by atoms with Gasteiger partial charge in [0.05, 0.1) is 23.9 Å². The van der Waals surface area contributed by atoms with Gasteiger partial charge >= 0.3 is 6.18 Å². The van der Waals surface area contributed by atoms with E-state index in [0.717, 1.165) is 5.69 Å². The average Bonchev–Trinajstić information content (AvgIpc) is 2.61. The molecule has 1 amide bonds. The molecule has 0 saturated carbocycles. The normalized spacial score (nSPS) is 26.7. The highest BCUT2D eigenvalue weighted by atomic mass is 19.4. The Morgan fingerprint density at radius 2 is 2.00 bits per heavy atom. The summed E-state index contributed by atoms with van der Waals surface area (Å²) in [5.74, 6) is -2.21. The number of alkyl halides is 3. The minimum absolute atomic E-state index is 0.158. The lowest BCUT2D eigenvalue weighted by atomic mass is 9.80. The highest BCUT2D eigenvalue weighted by Gasteiger charge is 2.60. The molecule has 0 aliphatic carbocycles. The Morgan fingerprint density at radius 1 is 1.33 bits per heavy atom. The number of aliphatic hydroxyl groups is 1. The molecule has 3 rings (SSSR count). The van der Waals surface area contributed by atoms with Gasteiger partial charge in [-0.15, -0.1) is 0 Å². The second-order valence-electron chi connectivity index (χ2n) is 6.73. The van der Waals surface area contributed by atoms with E-state index in [2.05, 4.69) is 14.9 Å². The van der Waals surface area contributed by atoms with Crippen molar-refractivity contribution < 1.29 is 23.1 Å². The van der Waals surface area contributed by atoms with Gasteiger partial charge in [-0.05, 0) is 25.0 Å². The fourth-order valence-corrected chi connectivity index (χ4v) is 3.57. The number of hydrogen-bond donors (Lipinski definition) is 3. The Bertz CT molecular complexity index is 786. The molecule has 0 aromatic carbocycles. The van der Waals surface area contributed by atoms with Crippen molar-refractivity contribution in [1.29, 1.82) is 0 Å². The summed E-state index contributed by atoms with van der Waals surface area (Å²) < 4.78 is 40.5. The first-order valence-electron chi connectivity index (χ1n) is 8.45. The Hall–Kier alpha value is -2.62. The van der Waals surface area contributed by atoms with Gasteiger partial charge in [0.15, 0.2) is 5.60 Å². The molecule has 0 radical (unpaired) electrons. The molecule has 0 spiro atoms. The highest BCUT2D eigenvalue weighted by Crippen LogP contribution is 2.43. The van der Waals surface area contributed by atoms with E-state index < -0.39 is 41.4 Å². The number of hydrogen-bond acceptors (Lipinski definition) is 6. The van der Waals surface area contributed by atoms with Crippen LogP contribution in [0, 0.1) is 5.92 Å². The number of rotatable bonds is 2. The molecule has 7 nitrogen and oxygen atoms in total. The summed E-state index contributed by atoms with van der Waals surface area (Å²) in [4.78, 5) is 21.0. The molecule has 1 unspecified atom stereocenters. The van der Waals surface area contributed by atoms with Crippen molar-refractivity contribution in [3.05, 3.63) is 35.8 Å². The van der Waals surface area contributed by atoms with Crippen LogP contribution < -0.4 is 16.4 Å². The summed E-state index contributed by atoms with van der Waals surface area (Å²) in [5, 5.41) is 10.3. The van der Waals surface area contributed by atoms with E-state index in [0.29, 0.717) is 25.9 Å². The molecule has 146 valence electrons. The number of aromatic nitrogens is 1. The maximum Gasteiger partial charge on any atom is 0.422 e. The molecule has 3 heterocycles. The van der Waals surface area contributed by atoms with Crippen LogP contribution in [0.5, 0.6) is 0 Å². The van der Waals surface area contributed by atoms with Gasteiger partial charge in [0.1, 0.15) is 5.84 Å². The lowest BCUT2D eigenvalue weighted by Gasteiger charge is -2.38. The third-order valence-electron chi connectivity index (χ3n) is 5.03. The van der Waals surface area contributed by atoms with Gasteiger partial charge < -0.3 is 21.5 Å². The fourth-order valence-electron chi connectivity index (χ4n) is 3.57. The standard InChI is InChI=1S/C17H20F3N5O2/c18-17(19,20)16(27)8-12(26)24-15(22)13(16)14(21)10-3-6-25(7-4-10)11-2-1-5-23-9-11/h1-2,5,9-10,27H,3-4,6-8,21H2,(H2,22,24,26). The molecule has 1 atom stereocenters. The van der Waals surface area contributed by atoms with Crippen LogP contribution in [0.3, 0.4) is 0 Å². The van der Waals surface area contributed by atoms with Gasteiger partial charge in [0, 0.05) is 30.9 Å². The summed E-state index contributed by atoms with van der Waals surface area (Å²) in [6.07, 6.45) is -2.01. The molecule has 2 aliphatic rings. The number of amidine groups is 1. The molecule has 2 aliphatic heterocycles. The second-order valence-corrected chi connectivity index (χ2v) is 6.73. The van der Waals surface area contributed by atoms with Crippen molar-refractivity contribution >= 4 is 17.4 Å². The lowest BCUT2D eigenvalue weighted by Crippen LogP contribution is -2.55. The molecule has 1 saturated heterocycles. The zero-order chi connectivity index (χ0) is 19.8. The number of nitrogens with two attached hydrogens (primary N) is 2. The Kier molecular flexibility index (Phi) is 4.85. The number of nitrogens with zero attached hydrogens (tertiary/aromatic N) is 3. The van der Waals surface area contributed by atoms with E-state index in [-0.39, 0.29) is 5.70 Å². The van der Waals surface area contributed by atoms with Gasteiger partial charge in [-0.1, -0.05) is 0 Å². The Balaban J connectivity index is 1.88. The number of halogens is 3. The molecule has 1 fully saturated rings. The van der Waals surface area contributed by atoms with E-state index in [4.69, 9.17) is 11.5 Å². The van der Waals surface area contributed by atoms with Crippen molar-refractivity contribution in [1.82, 2.24) is 4.98 Å². The minimum atomic E-state index is -5.10. The molecule has 5 N–H and O–H groups in total. The van der Waals surface area contributed by atoms with Gasteiger partial charge in [-0.3, -0.25) is 9.78 Å². The monoisotopic (exact) mass is 383 g/mol. The molecule has 1 aromatic heterocycles. The topological polar surface area (TPSA) is 118 Å². The van der Waals surface area contributed by atoms with Crippen LogP contribution in [0.25, 0.3) is 0 Å². The summed E-state index contributed by atoms with van der Waals surface area (Å²) in [6.45, 7) is 1.12. The largest absolute Gasteiger partial charge is 0.422 e. The highest BCUT2D eigenvalue weighted by molar-refractivity contribution is 6.09. The summed E-state index contributed by atoms with van der Waals surface area (Å²) in [7, 11) is 0. The van der Waals surface area contributed by atoms with E-state index in [1.807, 2.05) is 6.07 Å². The van der Waals surface area contributed by atoms with Crippen LogP contribution in [-0.2, 0) is 4.79 Å². The first-order chi connectivity index (χ1) is 12.6. The summed E-state index contributed by atoms with van der Waals surface area (Å²) in [6, 6.07) is 3.70. The maximum atomic E-state index is 13.5. The van der Waals surface area contributed by atoms with Crippen molar-refractivity contribution in [2.24, 2.45) is 22.4 Å². The van der Waals surface area contributed by atoms with E-state index in [1.54, 1.807) is 18.5 Å². The molecular weight excluding hydrogens is 363 g/mol. The number of amides is 1. The number of anilines is 1. The average molecular weight is 383 g/mol. The number of carbonyl (C=O) groups is 1. The van der Waals surface area contributed by atoms with Crippen molar-refractivity contribution in [3.63, 3.8) is 0 Å². The molecule has 0 bridgehead atoms. The maximum absolute atomic E-state index is 13.5. The number of carbonyl (C=O) groups excluding carboxylic acids is 1. The third kappa shape index (κ3) is 3.48. The van der Waals surface area contributed by atoms with Gasteiger partial charge in [-0.25, -0.2) is 0 Å². The fraction of sp³-hybridized carbons (Fsp3) is 0.471. The first-order valence-corrected chi connectivity index (χ1v) is 8.45. The van der Waals surface area contributed by atoms with E-state index in [1.165, 1.54) is 0 Å². The van der Waals surface area contributed by atoms with Gasteiger partial charge in [-0.2, -0.15) is 18.2 Å². The number of allylic oxidation sites excluding steroid dienone is 1. The van der Waals surface area contributed by atoms with Crippen LogP contribution in [0.1, 0.15) is 19.3 Å². The van der Waals surface area contributed by atoms with E-state index >= 15 is 0 Å². The molecule has 27 heavy (non-hydrogen) atoms. The number of piperidine rings is 1. The van der Waals surface area contributed by atoms with Crippen LogP contribution in [0.4, 0.5) is 18.9 Å². The third-order valence-corrected chi connectivity index (χ3v) is 5.03. The summed E-state index contributed by atoms with van der Waals surface area (Å²) in [5.41, 5.74) is 8.27. The van der Waals surface area contributed by atoms with Gasteiger partial charge in [0.2, 0.25) is 0 Å². The lowest BCUT2D eigenvalue weighted by molar-refractivity contribution is -0.244. The van der Waals surface area contributed by atoms with Crippen molar-refractivity contribution in [3.8, 4) is 0 Å². The molecule has 1 aromatic rings. The van der Waals surface area contributed by atoms with E-state index in [9.17, 15) is 23.1 Å². The second kappa shape index (κ2) is 6.84. The van der Waals surface area contributed by atoms with Gasteiger partial charge in [0.25, 0.3) is 5.91 Å². The predicted octanol–water partition coefficient (Wildman–Crippen LogP) is 1.09.